The fraction of sp³-hybridized carbons (Fsp3) is 0.687. The molecule has 0 fully saturated rings. The second-order valence-corrected chi connectivity index (χ2v) is 28.8. The van der Waals surface area contributed by atoms with Crippen molar-refractivity contribution in [1.82, 2.24) is 0 Å². The summed E-state index contributed by atoms with van der Waals surface area (Å²) in [6.45, 7) is 4.47. The van der Waals surface area contributed by atoms with Crippen LogP contribution in [-0.4, -0.2) is 96.7 Å². The molecular formula is C83H140O17P2. The van der Waals surface area contributed by atoms with Crippen LogP contribution < -0.4 is 0 Å². The predicted molar refractivity (Wildman–Crippen MR) is 418 cm³/mol. The van der Waals surface area contributed by atoms with Crippen molar-refractivity contribution in [1.29, 1.82) is 0 Å². The van der Waals surface area contributed by atoms with Crippen molar-refractivity contribution in [2.24, 2.45) is 0 Å². The van der Waals surface area contributed by atoms with E-state index in [4.69, 9.17) is 37.0 Å². The lowest BCUT2D eigenvalue weighted by molar-refractivity contribution is -0.161. The van der Waals surface area contributed by atoms with E-state index in [1.807, 2.05) is 0 Å². The lowest BCUT2D eigenvalue weighted by atomic mass is 10.1. The summed E-state index contributed by atoms with van der Waals surface area (Å²) in [4.78, 5) is 73.0. The lowest BCUT2D eigenvalue weighted by Gasteiger charge is -2.21. The molecule has 0 spiro atoms. The maximum absolute atomic E-state index is 13.1. The minimum absolute atomic E-state index is 0.0685. The molecule has 0 aromatic heterocycles. The molecule has 0 heterocycles. The van der Waals surface area contributed by atoms with Crippen LogP contribution in [0.1, 0.15) is 310 Å². The zero-order valence-electron chi connectivity index (χ0n) is 63.7. The van der Waals surface area contributed by atoms with Gasteiger partial charge in [-0.3, -0.25) is 37.3 Å². The molecule has 0 amide bonds. The first-order chi connectivity index (χ1) is 49.7. The van der Waals surface area contributed by atoms with Gasteiger partial charge < -0.3 is 33.8 Å². The number of unbranched alkanes of at least 4 members (excludes halogenated alkanes) is 25. The Bertz CT molecular complexity index is 2460. The Morgan fingerprint density at radius 1 is 0.284 bits per heavy atom. The normalized spacial score (nSPS) is 14.6. The van der Waals surface area contributed by atoms with Crippen molar-refractivity contribution in [2.75, 3.05) is 39.6 Å². The van der Waals surface area contributed by atoms with Crippen LogP contribution in [0, 0.1) is 0 Å². The molecule has 102 heavy (non-hydrogen) atoms. The van der Waals surface area contributed by atoms with Gasteiger partial charge in [-0.1, -0.05) is 264 Å². The summed E-state index contributed by atoms with van der Waals surface area (Å²) >= 11 is 0. The van der Waals surface area contributed by atoms with Crippen LogP contribution in [-0.2, 0) is 65.4 Å². The Labute approximate surface area is 618 Å². The van der Waals surface area contributed by atoms with E-state index in [0.29, 0.717) is 25.7 Å². The third kappa shape index (κ3) is 73.5. The number of carbonyl (C=O) groups excluding carboxylic acids is 4. The number of phosphoric acid groups is 2. The first-order valence-electron chi connectivity index (χ1n) is 39.4. The van der Waals surface area contributed by atoms with Crippen LogP contribution in [0.2, 0.25) is 0 Å². The van der Waals surface area contributed by atoms with Gasteiger partial charge in [0.1, 0.15) is 19.3 Å². The van der Waals surface area contributed by atoms with Crippen LogP contribution in [0.4, 0.5) is 0 Å². The molecule has 0 aliphatic rings. The molecule has 19 heteroatoms. The van der Waals surface area contributed by atoms with Gasteiger partial charge in [0.25, 0.3) is 0 Å². The number of phosphoric ester groups is 2. The highest BCUT2D eigenvalue weighted by atomic mass is 31.2. The fourth-order valence-electron chi connectivity index (χ4n) is 10.2. The Kier molecular flexibility index (Phi) is 71.0. The minimum Gasteiger partial charge on any atom is -0.462 e. The topological polar surface area (TPSA) is 237 Å². The standard InChI is InChI=1S/C83H140O17P2/c1-5-9-13-17-21-25-29-33-36-37-38-39-42-45-48-52-56-60-64-68-81(86)94-73-78(99-82(87)69-65-61-57-53-49-43-32-28-24-20-16-12-8-4)75-97-101(89,90)95-71-77(84)72-96-102(91,92)98-76-79(100-83(88)70-66-62-58-54-50-46-41-35-31-27-23-19-15-11-7-3)74-93-80(85)67-63-59-55-51-47-44-40-34-30-26-22-18-14-10-6-2/h9-11,13-15,21-23,25-28,32-36,38-41,77-79,84H,5-8,12,16-20,24,29-31,37,42-76H2,1-4H3,(H,89,90)(H,91,92)/b13-9-,14-10-,15-11-,25-21-,26-22-,27-23-,32-28-,36-33-,39-38-,40-34-,41-35-. The Hall–Kier alpha value is -4.80. The molecule has 17 nitrogen and oxygen atoms in total. The first-order valence-corrected chi connectivity index (χ1v) is 42.4. The van der Waals surface area contributed by atoms with Gasteiger partial charge in [0.15, 0.2) is 12.2 Å². The maximum Gasteiger partial charge on any atom is 0.472 e. The highest BCUT2D eigenvalue weighted by Gasteiger charge is 2.30. The van der Waals surface area contributed by atoms with E-state index in [-0.39, 0.29) is 25.7 Å². The van der Waals surface area contributed by atoms with Crippen molar-refractivity contribution in [3.8, 4) is 0 Å². The molecule has 584 valence electrons. The van der Waals surface area contributed by atoms with Gasteiger partial charge in [-0.25, -0.2) is 9.13 Å². The molecule has 0 aliphatic heterocycles. The Morgan fingerprint density at radius 2 is 0.510 bits per heavy atom. The van der Waals surface area contributed by atoms with Crippen LogP contribution in [0.3, 0.4) is 0 Å². The van der Waals surface area contributed by atoms with Crippen molar-refractivity contribution in [2.45, 2.75) is 329 Å². The minimum atomic E-state index is -4.99. The van der Waals surface area contributed by atoms with Crippen molar-refractivity contribution < 1.29 is 80.2 Å². The quantitative estimate of drug-likeness (QED) is 0.0169. The highest BCUT2D eigenvalue weighted by molar-refractivity contribution is 7.47. The van der Waals surface area contributed by atoms with Gasteiger partial charge in [0, 0.05) is 25.7 Å². The monoisotopic (exact) mass is 1470 g/mol. The maximum atomic E-state index is 13.1. The second kappa shape index (κ2) is 74.5. The van der Waals surface area contributed by atoms with Crippen LogP contribution >= 0.6 is 15.6 Å². The van der Waals surface area contributed by atoms with Gasteiger partial charge in [0.2, 0.25) is 0 Å². The summed E-state index contributed by atoms with van der Waals surface area (Å²) in [6.07, 6.45) is 82.9. The van der Waals surface area contributed by atoms with E-state index in [1.165, 1.54) is 25.7 Å². The predicted octanol–water partition coefficient (Wildman–Crippen LogP) is 22.9. The molecule has 0 aromatic carbocycles. The van der Waals surface area contributed by atoms with Gasteiger partial charge in [-0.05, 0) is 154 Å². The largest absolute Gasteiger partial charge is 0.472 e. The average Bonchev–Trinajstić information content (AvgIpc) is 0.908. The summed E-state index contributed by atoms with van der Waals surface area (Å²) in [6, 6.07) is 0. The molecule has 0 saturated heterocycles. The van der Waals surface area contributed by atoms with E-state index in [1.54, 1.807) is 0 Å². The SMILES string of the molecule is CC/C=C\C/C=C\C/C=C\C/C=C\CCCCCCCCC(=O)OCC(COP(=O)(O)OCC(O)COP(=O)(O)OCC(COC(=O)CCCCCCC/C=C\C/C=C\C/C=C\CC)OC(=O)CCCCCCC/C=C\C/C=C\C/C=C\CC)OC(=O)CCCCCCC/C=C\CCCCCC. The zero-order valence-corrected chi connectivity index (χ0v) is 65.5. The van der Waals surface area contributed by atoms with Gasteiger partial charge >= 0.3 is 39.5 Å². The number of rotatable bonds is 73. The Balaban J connectivity index is 5.38. The summed E-state index contributed by atoms with van der Waals surface area (Å²) in [5, 5.41) is 10.6. The van der Waals surface area contributed by atoms with E-state index < -0.39 is 97.5 Å². The second-order valence-electron chi connectivity index (χ2n) is 25.9. The molecule has 0 bridgehead atoms. The summed E-state index contributed by atoms with van der Waals surface area (Å²) in [5.74, 6) is -2.24. The molecule has 0 radical (unpaired) electrons. The van der Waals surface area contributed by atoms with Crippen molar-refractivity contribution in [3.05, 3.63) is 134 Å². The third-order valence-electron chi connectivity index (χ3n) is 16.1. The number of carbonyl (C=O) groups is 4. The molecule has 0 rings (SSSR count). The lowest BCUT2D eigenvalue weighted by Crippen LogP contribution is -2.30. The zero-order chi connectivity index (χ0) is 74.6. The van der Waals surface area contributed by atoms with Crippen molar-refractivity contribution in [3.63, 3.8) is 0 Å². The smallest absolute Gasteiger partial charge is 0.462 e. The van der Waals surface area contributed by atoms with Crippen LogP contribution in [0.5, 0.6) is 0 Å². The fourth-order valence-corrected chi connectivity index (χ4v) is 11.8. The van der Waals surface area contributed by atoms with E-state index in [9.17, 15) is 43.2 Å². The van der Waals surface area contributed by atoms with Gasteiger partial charge in [-0.15, -0.1) is 0 Å². The van der Waals surface area contributed by atoms with E-state index in [2.05, 4.69) is 161 Å². The number of allylic oxidation sites excluding steroid dienone is 22. The number of aliphatic hydroxyl groups is 1. The number of ether oxygens (including phenoxy) is 4. The molecule has 0 saturated carbocycles. The average molecular weight is 1470 g/mol. The van der Waals surface area contributed by atoms with Gasteiger partial charge in [-0.2, -0.15) is 0 Å². The number of hydrogen-bond donors (Lipinski definition) is 3. The molecule has 3 N–H and O–H groups in total. The summed E-state index contributed by atoms with van der Waals surface area (Å²) in [5.41, 5.74) is 0. The van der Waals surface area contributed by atoms with Crippen LogP contribution in [0.25, 0.3) is 0 Å². The van der Waals surface area contributed by atoms with E-state index >= 15 is 0 Å². The third-order valence-corrected chi connectivity index (χ3v) is 18.0. The van der Waals surface area contributed by atoms with Gasteiger partial charge in [0.05, 0.1) is 26.4 Å². The van der Waals surface area contributed by atoms with Crippen molar-refractivity contribution >= 4 is 39.5 Å². The molecule has 0 aliphatic carbocycles. The highest BCUT2D eigenvalue weighted by Crippen LogP contribution is 2.45. The number of aliphatic hydroxyl groups excluding tert-OH is 1. The Morgan fingerprint density at radius 3 is 0.794 bits per heavy atom. The number of esters is 4. The molecule has 0 aromatic rings. The summed E-state index contributed by atoms with van der Waals surface area (Å²) in [7, 11) is -9.97. The molecule has 5 atom stereocenters. The van der Waals surface area contributed by atoms with E-state index in [0.717, 1.165) is 205 Å². The molecular weight excluding hydrogens is 1330 g/mol. The molecule has 5 unspecified atom stereocenters. The number of hydrogen-bond acceptors (Lipinski definition) is 15. The summed E-state index contributed by atoms with van der Waals surface area (Å²) < 4.78 is 68.5. The van der Waals surface area contributed by atoms with Crippen LogP contribution in [0.15, 0.2) is 134 Å². The first kappa shape index (κ1) is 97.2.